The summed E-state index contributed by atoms with van der Waals surface area (Å²) in [6.45, 7) is 8.41. The molecule has 2 fully saturated rings. The Kier molecular flexibility index (Phi) is 14.5. The van der Waals surface area contributed by atoms with Crippen molar-refractivity contribution in [3.8, 4) is 0 Å². The zero-order chi connectivity index (χ0) is 18.5. The number of ether oxygens (including phenoxy) is 2. The Morgan fingerprint density at radius 2 is 1.81 bits per heavy atom. The maximum Gasteiger partial charge on any atom is 0.191 e. The first kappa shape index (κ1) is 24.9. The SMILES string of the molecule is CCNC(=NCC1CCCN1CCOC)NCCOC1CCCCCC1.I. The van der Waals surface area contributed by atoms with Crippen LogP contribution < -0.4 is 10.6 Å². The molecule has 0 aromatic heterocycles. The average molecular weight is 496 g/mol. The summed E-state index contributed by atoms with van der Waals surface area (Å²) >= 11 is 0. The molecule has 1 unspecified atom stereocenters. The van der Waals surface area contributed by atoms with E-state index in [-0.39, 0.29) is 24.0 Å². The van der Waals surface area contributed by atoms with E-state index in [2.05, 4.69) is 22.5 Å². The Bertz CT molecular complexity index is 390. The van der Waals surface area contributed by atoms with Gasteiger partial charge in [-0.1, -0.05) is 25.7 Å². The van der Waals surface area contributed by atoms with Gasteiger partial charge in [0.15, 0.2) is 5.96 Å². The summed E-state index contributed by atoms with van der Waals surface area (Å²) in [5.74, 6) is 0.913. The number of halogens is 1. The molecule has 0 bridgehead atoms. The van der Waals surface area contributed by atoms with Gasteiger partial charge in [0.05, 0.1) is 25.9 Å². The molecule has 2 N–H and O–H groups in total. The van der Waals surface area contributed by atoms with Crippen LogP contribution in [0.4, 0.5) is 0 Å². The van der Waals surface area contributed by atoms with E-state index in [1.807, 2.05) is 0 Å². The fourth-order valence-corrected chi connectivity index (χ4v) is 3.95. The second kappa shape index (κ2) is 15.8. The first-order chi connectivity index (χ1) is 12.8. The van der Waals surface area contributed by atoms with Gasteiger partial charge in [0.1, 0.15) is 0 Å². The van der Waals surface area contributed by atoms with Crippen LogP contribution in [0.15, 0.2) is 4.99 Å². The highest BCUT2D eigenvalue weighted by molar-refractivity contribution is 14.0. The topological polar surface area (TPSA) is 58.1 Å². The average Bonchev–Trinajstić information content (AvgIpc) is 2.94. The van der Waals surface area contributed by atoms with Gasteiger partial charge in [-0.3, -0.25) is 9.89 Å². The van der Waals surface area contributed by atoms with Gasteiger partial charge in [0.2, 0.25) is 0 Å². The lowest BCUT2D eigenvalue weighted by Crippen LogP contribution is -2.41. The molecule has 6 nitrogen and oxygen atoms in total. The molecule has 1 heterocycles. The summed E-state index contributed by atoms with van der Waals surface area (Å²) in [4.78, 5) is 7.32. The number of aliphatic imine (C=N–C) groups is 1. The minimum atomic E-state index is 0. The van der Waals surface area contributed by atoms with Gasteiger partial charge in [-0.25, -0.2) is 0 Å². The third-order valence-corrected chi connectivity index (χ3v) is 5.44. The van der Waals surface area contributed by atoms with E-state index in [9.17, 15) is 0 Å². The van der Waals surface area contributed by atoms with Crippen LogP contribution >= 0.6 is 24.0 Å². The first-order valence-electron chi connectivity index (χ1n) is 10.7. The smallest absolute Gasteiger partial charge is 0.191 e. The molecule has 2 aliphatic rings. The fourth-order valence-electron chi connectivity index (χ4n) is 3.95. The molecular weight excluding hydrogens is 455 g/mol. The number of likely N-dealkylation sites (tertiary alicyclic amines) is 1. The van der Waals surface area contributed by atoms with E-state index in [1.165, 1.54) is 57.9 Å². The second-order valence-electron chi connectivity index (χ2n) is 7.46. The van der Waals surface area contributed by atoms with Crippen LogP contribution in [0.1, 0.15) is 58.3 Å². The quantitative estimate of drug-likeness (QED) is 0.160. The lowest BCUT2D eigenvalue weighted by molar-refractivity contribution is 0.0468. The number of hydrogen-bond acceptors (Lipinski definition) is 4. The van der Waals surface area contributed by atoms with E-state index in [4.69, 9.17) is 14.5 Å². The maximum atomic E-state index is 6.06. The maximum absolute atomic E-state index is 6.06. The van der Waals surface area contributed by atoms with Crippen LogP contribution in [-0.2, 0) is 9.47 Å². The molecule has 1 saturated carbocycles. The summed E-state index contributed by atoms with van der Waals surface area (Å²) in [7, 11) is 1.77. The van der Waals surface area contributed by atoms with Crippen LogP contribution in [0.3, 0.4) is 0 Å². The van der Waals surface area contributed by atoms with E-state index in [0.717, 1.165) is 45.4 Å². The van der Waals surface area contributed by atoms with Crippen molar-refractivity contribution in [2.75, 3.05) is 53.0 Å². The largest absolute Gasteiger partial charge is 0.383 e. The van der Waals surface area contributed by atoms with Gasteiger partial charge in [-0.05, 0) is 39.2 Å². The molecule has 0 aromatic rings. The molecule has 2 rings (SSSR count). The lowest BCUT2D eigenvalue weighted by Gasteiger charge is -2.23. The number of hydrogen-bond donors (Lipinski definition) is 2. The minimum Gasteiger partial charge on any atom is -0.383 e. The fraction of sp³-hybridized carbons (Fsp3) is 0.950. The van der Waals surface area contributed by atoms with Crippen LogP contribution in [0.5, 0.6) is 0 Å². The molecule has 7 heteroatoms. The Balaban J connectivity index is 0.00000364. The molecule has 1 atom stereocenters. The number of nitrogens with zero attached hydrogens (tertiary/aromatic N) is 2. The zero-order valence-electron chi connectivity index (χ0n) is 17.4. The van der Waals surface area contributed by atoms with Crippen molar-refractivity contribution in [2.24, 2.45) is 4.99 Å². The molecule has 0 radical (unpaired) electrons. The highest BCUT2D eigenvalue weighted by Gasteiger charge is 2.23. The normalized spacial score (nSPS) is 22.3. The first-order valence-corrected chi connectivity index (χ1v) is 10.7. The number of nitrogens with one attached hydrogen (secondary N) is 2. The zero-order valence-corrected chi connectivity index (χ0v) is 19.7. The molecule has 0 aromatic carbocycles. The summed E-state index contributed by atoms with van der Waals surface area (Å²) in [5.41, 5.74) is 0. The summed E-state index contributed by atoms with van der Waals surface area (Å²) in [5, 5.41) is 6.78. The van der Waals surface area contributed by atoms with Crippen LogP contribution in [0, 0.1) is 0 Å². The van der Waals surface area contributed by atoms with E-state index < -0.39 is 0 Å². The van der Waals surface area contributed by atoms with Gasteiger partial charge in [0, 0.05) is 32.8 Å². The highest BCUT2D eigenvalue weighted by Crippen LogP contribution is 2.19. The summed E-state index contributed by atoms with van der Waals surface area (Å²) in [6.07, 6.45) is 10.8. The van der Waals surface area contributed by atoms with Gasteiger partial charge < -0.3 is 20.1 Å². The Labute approximate surface area is 183 Å². The number of rotatable bonds is 10. The van der Waals surface area contributed by atoms with Gasteiger partial charge >= 0.3 is 0 Å². The highest BCUT2D eigenvalue weighted by atomic mass is 127. The van der Waals surface area contributed by atoms with Crippen LogP contribution in [0.2, 0.25) is 0 Å². The van der Waals surface area contributed by atoms with Crippen molar-refractivity contribution in [3.05, 3.63) is 0 Å². The predicted molar refractivity (Wildman–Crippen MR) is 123 cm³/mol. The lowest BCUT2D eigenvalue weighted by atomic mass is 10.1. The molecule has 1 saturated heterocycles. The molecule has 160 valence electrons. The van der Waals surface area contributed by atoms with Crippen molar-refractivity contribution in [3.63, 3.8) is 0 Å². The Morgan fingerprint density at radius 3 is 2.52 bits per heavy atom. The van der Waals surface area contributed by atoms with E-state index >= 15 is 0 Å². The molecule has 27 heavy (non-hydrogen) atoms. The predicted octanol–water partition coefficient (Wildman–Crippen LogP) is 3.01. The monoisotopic (exact) mass is 496 g/mol. The third-order valence-electron chi connectivity index (χ3n) is 5.44. The minimum absolute atomic E-state index is 0. The number of guanidine groups is 1. The summed E-state index contributed by atoms with van der Waals surface area (Å²) < 4.78 is 11.3. The molecular formula is C20H41IN4O2. The van der Waals surface area contributed by atoms with Crippen LogP contribution in [-0.4, -0.2) is 76.1 Å². The standard InChI is InChI=1S/C20H40N4O2.HI/c1-3-21-20(22-12-15-26-19-10-6-4-5-7-11-19)23-17-18-9-8-13-24(18)14-16-25-2;/h18-19H,3-17H2,1-2H3,(H2,21,22,23);1H. The molecule has 0 amide bonds. The van der Waals surface area contributed by atoms with E-state index in [0.29, 0.717) is 12.1 Å². The third kappa shape index (κ3) is 10.3. The van der Waals surface area contributed by atoms with Crippen LogP contribution in [0.25, 0.3) is 0 Å². The summed E-state index contributed by atoms with van der Waals surface area (Å²) in [6, 6.07) is 0.544. The molecule has 1 aliphatic carbocycles. The van der Waals surface area contributed by atoms with Crippen molar-refractivity contribution >= 4 is 29.9 Å². The van der Waals surface area contributed by atoms with Crippen molar-refractivity contribution in [1.82, 2.24) is 15.5 Å². The molecule has 1 aliphatic heterocycles. The van der Waals surface area contributed by atoms with Crippen molar-refractivity contribution in [2.45, 2.75) is 70.4 Å². The second-order valence-corrected chi connectivity index (χ2v) is 7.46. The van der Waals surface area contributed by atoms with Crippen molar-refractivity contribution < 1.29 is 9.47 Å². The number of methoxy groups -OCH3 is 1. The van der Waals surface area contributed by atoms with Gasteiger partial charge in [0.25, 0.3) is 0 Å². The van der Waals surface area contributed by atoms with Gasteiger partial charge in [-0.15, -0.1) is 24.0 Å². The Hall–Kier alpha value is -0.120. The molecule has 0 spiro atoms. The van der Waals surface area contributed by atoms with E-state index in [1.54, 1.807) is 7.11 Å². The van der Waals surface area contributed by atoms with Gasteiger partial charge in [-0.2, -0.15) is 0 Å². The Morgan fingerprint density at radius 1 is 1.04 bits per heavy atom. The van der Waals surface area contributed by atoms with Crippen molar-refractivity contribution in [1.29, 1.82) is 0 Å².